The average molecular weight is 342 g/mol. The Morgan fingerprint density at radius 3 is 2.50 bits per heavy atom. The van der Waals surface area contributed by atoms with Crippen LogP contribution in [0.15, 0.2) is 67.3 Å². The van der Waals surface area contributed by atoms with Crippen molar-refractivity contribution in [2.75, 3.05) is 14.1 Å². The van der Waals surface area contributed by atoms with Crippen LogP contribution in [0.25, 0.3) is 33.3 Å². The lowest BCUT2D eigenvalue weighted by Gasteiger charge is -2.11. The largest absolute Gasteiger partial charge is 0.346 e. The molecule has 5 nitrogen and oxygen atoms in total. The summed E-state index contributed by atoms with van der Waals surface area (Å²) in [6.07, 6.45) is 7.37. The molecule has 4 rings (SSSR count). The summed E-state index contributed by atoms with van der Waals surface area (Å²) in [5.41, 5.74) is 5.68. The molecule has 5 heteroatoms. The molecule has 128 valence electrons. The maximum Gasteiger partial charge on any atom is 0.253 e. The first-order valence-electron chi connectivity index (χ1n) is 8.33. The normalized spacial score (nSPS) is 10.8. The van der Waals surface area contributed by atoms with Crippen LogP contribution in [0.5, 0.6) is 0 Å². The van der Waals surface area contributed by atoms with Crippen LogP contribution in [0, 0.1) is 0 Å². The van der Waals surface area contributed by atoms with E-state index >= 15 is 0 Å². The van der Waals surface area contributed by atoms with Crippen LogP contribution in [0.4, 0.5) is 0 Å². The van der Waals surface area contributed by atoms with Crippen LogP contribution < -0.4 is 0 Å². The molecule has 0 aliphatic heterocycles. The third-order valence-corrected chi connectivity index (χ3v) is 4.38. The van der Waals surface area contributed by atoms with E-state index in [-0.39, 0.29) is 5.91 Å². The van der Waals surface area contributed by atoms with E-state index in [1.165, 1.54) is 0 Å². The number of aromatic nitrogens is 3. The van der Waals surface area contributed by atoms with Crippen molar-refractivity contribution < 1.29 is 4.79 Å². The Labute approximate surface area is 151 Å². The molecule has 0 unspecified atom stereocenters. The van der Waals surface area contributed by atoms with E-state index in [9.17, 15) is 4.79 Å². The van der Waals surface area contributed by atoms with Gasteiger partial charge in [-0.3, -0.25) is 9.78 Å². The molecule has 0 saturated heterocycles. The fourth-order valence-corrected chi connectivity index (χ4v) is 3.02. The molecule has 0 saturated carbocycles. The van der Waals surface area contributed by atoms with Gasteiger partial charge in [0.05, 0.1) is 0 Å². The zero-order valence-electron chi connectivity index (χ0n) is 14.6. The van der Waals surface area contributed by atoms with Crippen molar-refractivity contribution in [2.45, 2.75) is 0 Å². The fourth-order valence-electron chi connectivity index (χ4n) is 3.02. The summed E-state index contributed by atoms with van der Waals surface area (Å²) < 4.78 is 0. The van der Waals surface area contributed by atoms with Gasteiger partial charge in [0.1, 0.15) is 5.65 Å². The van der Waals surface area contributed by atoms with Crippen molar-refractivity contribution in [3.63, 3.8) is 0 Å². The highest BCUT2D eigenvalue weighted by atomic mass is 16.2. The number of amides is 1. The van der Waals surface area contributed by atoms with Gasteiger partial charge in [-0.15, -0.1) is 0 Å². The van der Waals surface area contributed by atoms with Gasteiger partial charge in [0, 0.05) is 61.0 Å². The van der Waals surface area contributed by atoms with Crippen LogP contribution in [0.2, 0.25) is 0 Å². The number of rotatable bonds is 3. The highest BCUT2D eigenvalue weighted by Gasteiger charge is 2.10. The highest BCUT2D eigenvalue weighted by Crippen LogP contribution is 2.29. The number of carbonyl (C=O) groups is 1. The van der Waals surface area contributed by atoms with Crippen LogP contribution in [0.1, 0.15) is 10.4 Å². The number of nitrogens with zero attached hydrogens (tertiary/aromatic N) is 3. The van der Waals surface area contributed by atoms with E-state index in [0.717, 1.165) is 33.3 Å². The van der Waals surface area contributed by atoms with Crippen molar-refractivity contribution in [2.24, 2.45) is 0 Å². The molecular weight excluding hydrogens is 324 g/mol. The third kappa shape index (κ3) is 2.84. The van der Waals surface area contributed by atoms with Gasteiger partial charge < -0.3 is 9.88 Å². The summed E-state index contributed by atoms with van der Waals surface area (Å²) in [4.78, 5) is 25.5. The summed E-state index contributed by atoms with van der Waals surface area (Å²) in [6.45, 7) is 0. The first kappa shape index (κ1) is 16.0. The molecule has 1 amide bonds. The van der Waals surface area contributed by atoms with Crippen LogP contribution in [-0.2, 0) is 0 Å². The monoisotopic (exact) mass is 342 g/mol. The Morgan fingerprint density at radius 2 is 1.73 bits per heavy atom. The van der Waals surface area contributed by atoms with Gasteiger partial charge in [-0.2, -0.15) is 0 Å². The number of H-pyrrole nitrogens is 1. The number of pyridine rings is 2. The predicted molar refractivity (Wildman–Crippen MR) is 103 cm³/mol. The molecule has 0 aliphatic rings. The van der Waals surface area contributed by atoms with Crippen LogP contribution in [0.3, 0.4) is 0 Å². The first-order valence-corrected chi connectivity index (χ1v) is 8.33. The van der Waals surface area contributed by atoms with Gasteiger partial charge in [-0.25, -0.2) is 4.98 Å². The topological polar surface area (TPSA) is 61.9 Å². The molecule has 0 radical (unpaired) electrons. The van der Waals surface area contributed by atoms with Crippen LogP contribution >= 0.6 is 0 Å². The Balaban J connectivity index is 1.72. The zero-order valence-corrected chi connectivity index (χ0v) is 14.6. The van der Waals surface area contributed by atoms with Crippen molar-refractivity contribution in [3.8, 4) is 22.3 Å². The smallest absolute Gasteiger partial charge is 0.253 e. The zero-order chi connectivity index (χ0) is 18.1. The molecule has 3 heterocycles. The molecule has 3 aromatic heterocycles. The summed E-state index contributed by atoms with van der Waals surface area (Å²) in [5, 5.41) is 1.07. The van der Waals surface area contributed by atoms with Gasteiger partial charge in [-0.1, -0.05) is 12.1 Å². The van der Waals surface area contributed by atoms with E-state index in [1.807, 2.05) is 55.0 Å². The Hall–Kier alpha value is -3.47. The van der Waals surface area contributed by atoms with Gasteiger partial charge in [-0.05, 0) is 41.5 Å². The fraction of sp³-hybridized carbons (Fsp3) is 0.0952. The van der Waals surface area contributed by atoms with Crippen molar-refractivity contribution in [3.05, 3.63) is 72.8 Å². The maximum absolute atomic E-state index is 12.0. The molecule has 0 atom stereocenters. The number of aromatic amines is 1. The number of hydrogen-bond acceptors (Lipinski definition) is 3. The first-order chi connectivity index (χ1) is 12.6. The van der Waals surface area contributed by atoms with E-state index in [4.69, 9.17) is 0 Å². The number of hydrogen-bond donors (Lipinski definition) is 1. The Bertz CT molecular complexity index is 1080. The average Bonchev–Trinajstić information content (AvgIpc) is 3.16. The molecule has 1 aromatic carbocycles. The minimum Gasteiger partial charge on any atom is -0.346 e. The lowest BCUT2D eigenvalue weighted by Crippen LogP contribution is -2.21. The van der Waals surface area contributed by atoms with Crippen molar-refractivity contribution in [1.29, 1.82) is 0 Å². The van der Waals surface area contributed by atoms with Crippen molar-refractivity contribution in [1.82, 2.24) is 19.9 Å². The van der Waals surface area contributed by atoms with E-state index in [1.54, 1.807) is 25.2 Å². The maximum atomic E-state index is 12.0. The van der Waals surface area contributed by atoms with Gasteiger partial charge in [0.25, 0.3) is 5.91 Å². The Morgan fingerprint density at radius 1 is 0.962 bits per heavy atom. The van der Waals surface area contributed by atoms with Crippen LogP contribution in [-0.4, -0.2) is 39.9 Å². The van der Waals surface area contributed by atoms with Crippen molar-refractivity contribution >= 4 is 16.9 Å². The summed E-state index contributed by atoms with van der Waals surface area (Å²) in [5.74, 6) is -0.00457. The quantitative estimate of drug-likeness (QED) is 0.612. The molecular formula is C21H18N4O. The lowest BCUT2D eigenvalue weighted by atomic mass is 10.00. The molecule has 0 spiro atoms. The SMILES string of the molecule is CN(C)C(=O)c1ccc(-c2cncc(-c3ccnc4[nH]ccc34)c2)cc1. The number of carbonyl (C=O) groups excluding carboxylic acids is 1. The van der Waals surface area contributed by atoms with Gasteiger partial charge >= 0.3 is 0 Å². The second-order valence-electron chi connectivity index (χ2n) is 6.34. The molecule has 4 aromatic rings. The number of nitrogens with one attached hydrogen (secondary N) is 1. The van der Waals surface area contributed by atoms with Gasteiger partial charge in [0.2, 0.25) is 0 Å². The molecule has 26 heavy (non-hydrogen) atoms. The summed E-state index contributed by atoms with van der Waals surface area (Å²) >= 11 is 0. The lowest BCUT2D eigenvalue weighted by molar-refractivity contribution is 0.0827. The third-order valence-electron chi connectivity index (χ3n) is 4.38. The predicted octanol–water partition coefficient (Wildman–Crippen LogP) is 3.99. The number of benzene rings is 1. The second kappa shape index (κ2) is 6.44. The number of fused-ring (bicyclic) bond motifs is 1. The highest BCUT2D eigenvalue weighted by molar-refractivity contribution is 5.95. The van der Waals surface area contributed by atoms with E-state index in [0.29, 0.717) is 5.56 Å². The molecule has 0 fully saturated rings. The Kier molecular flexibility index (Phi) is 3.97. The second-order valence-corrected chi connectivity index (χ2v) is 6.34. The molecule has 0 aliphatic carbocycles. The standard InChI is InChI=1S/C21H18N4O/c1-25(2)21(26)15-5-3-14(4-6-15)16-11-17(13-22-12-16)18-7-9-23-20-19(18)8-10-24-20/h3-13H,1-2H3,(H,23,24). The van der Waals surface area contributed by atoms with E-state index < -0.39 is 0 Å². The van der Waals surface area contributed by atoms with Gasteiger partial charge in [0.15, 0.2) is 0 Å². The van der Waals surface area contributed by atoms with E-state index in [2.05, 4.69) is 21.0 Å². The summed E-state index contributed by atoms with van der Waals surface area (Å²) in [6, 6.07) is 13.7. The molecule has 1 N–H and O–H groups in total. The minimum atomic E-state index is -0.00457. The molecule has 0 bridgehead atoms. The minimum absolute atomic E-state index is 0.00457. The summed E-state index contributed by atoms with van der Waals surface area (Å²) in [7, 11) is 3.50.